The van der Waals surface area contributed by atoms with Crippen molar-refractivity contribution in [3.8, 4) is 0 Å². The number of fused-ring (bicyclic) bond motifs is 1. The lowest BCUT2D eigenvalue weighted by Crippen LogP contribution is -2.40. The van der Waals surface area contributed by atoms with Crippen molar-refractivity contribution in [2.45, 2.75) is 40.4 Å². The second-order valence-corrected chi connectivity index (χ2v) is 6.67. The molecule has 0 spiro atoms. The van der Waals surface area contributed by atoms with Crippen LogP contribution >= 0.6 is 0 Å². The number of nitrogen functional groups attached to an aromatic ring is 1. The lowest BCUT2D eigenvalue weighted by atomic mass is 10.1. The Morgan fingerprint density at radius 3 is 2.81 bits per heavy atom. The van der Waals surface area contributed by atoms with E-state index >= 15 is 0 Å². The minimum atomic E-state index is -0.273. The molecule has 1 aliphatic heterocycles. The number of carbonyl (C=O) groups is 2. The third kappa shape index (κ3) is 3.66. The van der Waals surface area contributed by atoms with E-state index in [-0.39, 0.29) is 23.7 Å². The van der Waals surface area contributed by atoms with E-state index in [0.29, 0.717) is 37.4 Å². The first kappa shape index (κ1) is 17.8. The Morgan fingerprint density at radius 1 is 1.35 bits per heavy atom. The highest BCUT2D eigenvalue weighted by molar-refractivity contribution is 5.94. The van der Waals surface area contributed by atoms with E-state index in [9.17, 15) is 9.59 Å². The number of nitrogens with one attached hydrogen (secondary N) is 1. The van der Waals surface area contributed by atoms with Gasteiger partial charge in [0.05, 0.1) is 42.3 Å². The summed E-state index contributed by atoms with van der Waals surface area (Å²) in [4.78, 5) is 34.1. The van der Waals surface area contributed by atoms with E-state index in [0.717, 1.165) is 11.4 Å². The Bertz CT molecular complexity index is 844. The summed E-state index contributed by atoms with van der Waals surface area (Å²) >= 11 is 0. The van der Waals surface area contributed by atoms with Gasteiger partial charge in [-0.3, -0.25) is 14.3 Å². The number of aromatic nitrogens is 4. The highest BCUT2D eigenvalue weighted by atomic mass is 16.2. The molecule has 0 bridgehead atoms. The molecular formula is C17H23N7O2. The number of nitrogens with zero attached hydrogens (tertiary/aromatic N) is 5. The van der Waals surface area contributed by atoms with E-state index in [1.165, 1.54) is 6.20 Å². The van der Waals surface area contributed by atoms with Crippen LogP contribution in [0.4, 0.5) is 5.95 Å². The molecule has 3 heterocycles. The first-order chi connectivity index (χ1) is 12.3. The number of hydrogen-bond donors (Lipinski definition) is 2. The molecule has 9 nitrogen and oxygen atoms in total. The van der Waals surface area contributed by atoms with Gasteiger partial charge in [-0.1, -0.05) is 13.8 Å². The number of amides is 2. The minimum absolute atomic E-state index is 0.0198. The standard InChI is InChI=1S/C17H23N7O2/c1-10(2)16(26)23-4-5-24-13(9-23)6-12(22-24)7-19-15(25)14-8-20-17(18)21-11(14)3/h6,8,10H,4-5,7,9H2,1-3H3,(H,19,25)(H2,18,20,21). The van der Waals surface area contributed by atoms with Gasteiger partial charge in [0.15, 0.2) is 0 Å². The van der Waals surface area contributed by atoms with Gasteiger partial charge in [0, 0.05) is 18.7 Å². The first-order valence-corrected chi connectivity index (χ1v) is 8.57. The summed E-state index contributed by atoms with van der Waals surface area (Å²) in [5, 5.41) is 7.33. The molecule has 26 heavy (non-hydrogen) atoms. The Morgan fingerprint density at radius 2 is 2.12 bits per heavy atom. The maximum Gasteiger partial charge on any atom is 0.255 e. The maximum atomic E-state index is 12.3. The predicted octanol–water partition coefficient (Wildman–Crippen LogP) is 0.492. The molecule has 0 fully saturated rings. The molecule has 1 aliphatic rings. The molecule has 2 aromatic rings. The summed E-state index contributed by atoms with van der Waals surface area (Å²) in [6.07, 6.45) is 1.42. The number of hydrogen-bond acceptors (Lipinski definition) is 6. The van der Waals surface area contributed by atoms with Crippen molar-refractivity contribution in [1.82, 2.24) is 30.0 Å². The summed E-state index contributed by atoms with van der Waals surface area (Å²) in [6.45, 7) is 7.66. The van der Waals surface area contributed by atoms with Crippen LogP contribution in [0.25, 0.3) is 0 Å². The molecule has 2 amide bonds. The number of nitrogens with two attached hydrogens (primary N) is 1. The molecule has 0 saturated carbocycles. The Kier molecular flexibility index (Phi) is 4.88. The van der Waals surface area contributed by atoms with Gasteiger partial charge in [0.25, 0.3) is 5.91 Å². The molecular weight excluding hydrogens is 334 g/mol. The van der Waals surface area contributed by atoms with Gasteiger partial charge in [-0.2, -0.15) is 5.10 Å². The van der Waals surface area contributed by atoms with Crippen molar-refractivity contribution >= 4 is 17.8 Å². The Labute approximate surface area is 151 Å². The lowest BCUT2D eigenvalue weighted by molar-refractivity contribution is -0.136. The van der Waals surface area contributed by atoms with Crippen molar-refractivity contribution in [1.29, 1.82) is 0 Å². The molecule has 0 saturated heterocycles. The normalized spacial score (nSPS) is 13.6. The fraction of sp³-hybridized carbons (Fsp3) is 0.471. The average molecular weight is 357 g/mol. The molecule has 0 unspecified atom stereocenters. The quantitative estimate of drug-likeness (QED) is 0.822. The van der Waals surface area contributed by atoms with Gasteiger partial charge in [-0.05, 0) is 13.0 Å². The van der Waals surface area contributed by atoms with Crippen molar-refractivity contribution < 1.29 is 9.59 Å². The summed E-state index contributed by atoms with van der Waals surface area (Å²) in [6, 6.07) is 1.92. The zero-order valence-electron chi connectivity index (χ0n) is 15.2. The second-order valence-electron chi connectivity index (χ2n) is 6.67. The Balaban J connectivity index is 1.64. The predicted molar refractivity (Wildman–Crippen MR) is 94.8 cm³/mol. The van der Waals surface area contributed by atoms with Crippen LogP contribution in [0.15, 0.2) is 12.3 Å². The fourth-order valence-electron chi connectivity index (χ4n) is 2.94. The van der Waals surface area contributed by atoms with Crippen LogP contribution in [-0.4, -0.2) is 43.0 Å². The zero-order valence-corrected chi connectivity index (χ0v) is 15.2. The minimum Gasteiger partial charge on any atom is -0.368 e. The maximum absolute atomic E-state index is 12.3. The molecule has 3 rings (SSSR count). The number of carbonyl (C=O) groups excluding carboxylic acids is 2. The lowest BCUT2D eigenvalue weighted by Gasteiger charge is -2.29. The van der Waals surface area contributed by atoms with E-state index < -0.39 is 0 Å². The highest BCUT2D eigenvalue weighted by Crippen LogP contribution is 2.16. The SMILES string of the molecule is Cc1nc(N)ncc1C(=O)NCc1cc2n(n1)CCN(C(=O)C(C)C)C2. The van der Waals surface area contributed by atoms with Crippen LogP contribution in [0.5, 0.6) is 0 Å². The largest absolute Gasteiger partial charge is 0.368 e. The van der Waals surface area contributed by atoms with Crippen LogP contribution in [0, 0.1) is 12.8 Å². The van der Waals surface area contributed by atoms with Crippen LogP contribution in [-0.2, 0) is 24.4 Å². The Hall–Kier alpha value is -2.97. The van der Waals surface area contributed by atoms with E-state index in [4.69, 9.17) is 5.73 Å². The molecule has 0 atom stereocenters. The van der Waals surface area contributed by atoms with Gasteiger partial charge in [0.1, 0.15) is 0 Å². The fourth-order valence-corrected chi connectivity index (χ4v) is 2.94. The summed E-state index contributed by atoms with van der Waals surface area (Å²) in [7, 11) is 0. The topological polar surface area (TPSA) is 119 Å². The number of anilines is 1. The summed E-state index contributed by atoms with van der Waals surface area (Å²) in [5.74, 6) is -0.00821. The summed E-state index contributed by atoms with van der Waals surface area (Å²) in [5.41, 5.74) is 8.15. The van der Waals surface area contributed by atoms with Crippen molar-refractivity contribution in [2.75, 3.05) is 12.3 Å². The molecule has 9 heteroatoms. The van der Waals surface area contributed by atoms with E-state index in [2.05, 4.69) is 20.4 Å². The first-order valence-electron chi connectivity index (χ1n) is 8.57. The molecule has 3 N–H and O–H groups in total. The van der Waals surface area contributed by atoms with Crippen LogP contribution in [0.1, 0.15) is 41.3 Å². The van der Waals surface area contributed by atoms with Crippen LogP contribution in [0.3, 0.4) is 0 Å². The van der Waals surface area contributed by atoms with Gasteiger partial charge >= 0.3 is 0 Å². The van der Waals surface area contributed by atoms with Crippen molar-refractivity contribution in [3.63, 3.8) is 0 Å². The molecule has 2 aromatic heterocycles. The molecule has 0 aromatic carbocycles. The summed E-state index contributed by atoms with van der Waals surface area (Å²) < 4.78 is 1.89. The van der Waals surface area contributed by atoms with Gasteiger partial charge in [-0.15, -0.1) is 0 Å². The second kappa shape index (κ2) is 7.11. The van der Waals surface area contributed by atoms with Gasteiger partial charge in [0.2, 0.25) is 11.9 Å². The number of aryl methyl sites for hydroxylation is 1. The molecule has 0 aliphatic carbocycles. The van der Waals surface area contributed by atoms with E-state index in [1.807, 2.05) is 29.5 Å². The molecule has 0 radical (unpaired) electrons. The van der Waals surface area contributed by atoms with Crippen molar-refractivity contribution in [2.24, 2.45) is 5.92 Å². The van der Waals surface area contributed by atoms with Crippen LogP contribution in [0.2, 0.25) is 0 Å². The number of rotatable bonds is 4. The van der Waals surface area contributed by atoms with Crippen LogP contribution < -0.4 is 11.1 Å². The van der Waals surface area contributed by atoms with Crippen molar-refractivity contribution in [3.05, 3.63) is 34.9 Å². The highest BCUT2D eigenvalue weighted by Gasteiger charge is 2.24. The molecule has 138 valence electrons. The van der Waals surface area contributed by atoms with Gasteiger partial charge in [-0.25, -0.2) is 9.97 Å². The third-order valence-electron chi connectivity index (χ3n) is 4.33. The average Bonchev–Trinajstić information content (AvgIpc) is 3.00. The smallest absolute Gasteiger partial charge is 0.255 e. The van der Waals surface area contributed by atoms with Gasteiger partial charge < -0.3 is 16.0 Å². The van der Waals surface area contributed by atoms with E-state index in [1.54, 1.807) is 6.92 Å². The zero-order chi connectivity index (χ0) is 18.8. The monoisotopic (exact) mass is 357 g/mol. The third-order valence-corrected chi connectivity index (χ3v) is 4.33.